The highest BCUT2D eigenvalue weighted by molar-refractivity contribution is 5.99. The Kier molecular flexibility index (Phi) is 4.30. The molecule has 1 fully saturated rings. The number of nitrogens with zero attached hydrogens (tertiary/aromatic N) is 4. The van der Waals surface area contributed by atoms with Gasteiger partial charge in [0, 0.05) is 6.04 Å². The van der Waals surface area contributed by atoms with Crippen molar-refractivity contribution in [2.24, 2.45) is 0 Å². The smallest absolute Gasteiger partial charge is 0.354 e. The lowest BCUT2D eigenvalue weighted by Gasteiger charge is -2.38. The maximum absolute atomic E-state index is 13.1. The zero-order valence-electron chi connectivity index (χ0n) is 13.4. The van der Waals surface area contributed by atoms with Crippen LogP contribution < -0.4 is 0 Å². The van der Waals surface area contributed by atoms with Gasteiger partial charge in [0.15, 0.2) is 0 Å². The first-order valence-electron chi connectivity index (χ1n) is 7.63. The van der Waals surface area contributed by atoms with Crippen LogP contribution in [0.1, 0.15) is 29.3 Å². The minimum Gasteiger partial charge on any atom is -0.478 e. The van der Waals surface area contributed by atoms with Crippen molar-refractivity contribution in [1.29, 1.82) is 0 Å². The number of carbonyl (C=O) groups is 2. The van der Waals surface area contributed by atoms with E-state index in [4.69, 9.17) is 4.74 Å². The van der Waals surface area contributed by atoms with Crippen molar-refractivity contribution in [2.75, 3.05) is 6.61 Å². The molecule has 8 heteroatoms. The molecule has 0 spiro atoms. The standard InChI is InChI=1S/C16H18N4O4/c1-10-3-4-13(20-17-6-7-18-20)12(9-10)14(21)19-11(2)5-8-24-15(19)16(22)23/h3-4,6-7,9,11,15H,5,8H2,1-2H3,(H,22,23)/t11-,15-/m0/s1. The van der Waals surface area contributed by atoms with E-state index in [9.17, 15) is 14.7 Å². The molecule has 2 atom stereocenters. The number of aromatic nitrogens is 3. The second-order valence-corrected chi connectivity index (χ2v) is 5.75. The summed E-state index contributed by atoms with van der Waals surface area (Å²) >= 11 is 0. The van der Waals surface area contributed by atoms with Gasteiger partial charge in [0.1, 0.15) is 0 Å². The topological polar surface area (TPSA) is 97.5 Å². The van der Waals surface area contributed by atoms with Crippen molar-refractivity contribution in [2.45, 2.75) is 32.5 Å². The van der Waals surface area contributed by atoms with Gasteiger partial charge in [-0.2, -0.15) is 15.0 Å². The molecule has 0 bridgehead atoms. The SMILES string of the molecule is Cc1ccc(-n2nccn2)c(C(=O)N2[C@@H](C)CCO[C@H]2C(=O)O)c1. The largest absolute Gasteiger partial charge is 0.478 e. The Bertz CT molecular complexity index is 759. The summed E-state index contributed by atoms with van der Waals surface area (Å²) in [6.45, 7) is 3.99. The maximum Gasteiger partial charge on any atom is 0.354 e. The van der Waals surface area contributed by atoms with Crippen LogP contribution in [0.15, 0.2) is 30.6 Å². The summed E-state index contributed by atoms with van der Waals surface area (Å²) in [4.78, 5) is 27.2. The highest BCUT2D eigenvalue weighted by Crippen LogP contribution is 2.24. The molecule has 0 saturated carbocycles. The van der Waals surface area contributed by atoms with Gasteiger partial charge in [-0.05, 0) is 32.4 Å². The first-order valence-corrected chi connectivity index (χ1v) is 7.63. The highest BCUT2D eigenvalue weighted by atomic mass is 16.5. The fraction of sp³-hybridized carbons (Fsp3) is 0.375. The third-order valence-corrected chi connectivity index (χ3v) is 4.00. The summed E-state index contributed by atoms with van der Waals surface area (Å²) in [6.07, 6.45) is 2.32. The molecule has 0 radical (unpaired) electrons. The average molecular weight is 330 g/mol. The second kappa shape index (κ2) is 6.40. The molecule has 1 amide bonds. The number of carboxylic acid groups (broad SMARTS) is 1. The van der Waals surface area contributed by atoms with Gasteiger partial charge in [-0.25, -0.2) is 4.79 Å². The molecule has 1 aromatic carbocycles. The first-order chi connectivity index (χ1) is 11.5. The Morgan fingerprint density at radius 1 is 1.29 bits per heavy atom. The number of rotatable bonds is 3. The summed E-state index contributed by atoms with van der Waals surface area (Å²) in [6, 6.07) is 5.06. The quantitative estimate of drug-likeness (QED) is 0.909. The lowest BCUT2D eigenvalue weighted by molar-refractivity contribution is -0.171. The summed E-state index contributed by atoms with van der Waals surface area (Å²) in [5.74, 6) is -1.59. The number of ether oxygens (including phenoxy) is 1. The molecule has 24 heavy (non-hydrogen) atoms. The van der Waals surface area contributed by atoms with Crippen LogP contribution in [0, 0.1) is 6.92 Å². The van der Waals surface area contributed by atoms with Crippen molar-refractivity contribution in [3.63, 3.8) is 0 Å². The summed E-state index contributed by atoms with van der Waals surface area (Å²) in [5.41, 5.74) is 1.72. The van der Waals surface area contributed by atoms with Crippen LogP contribution in [0.3, 0.4) is 0 Å². The van der Waals surface area contributed by atoms with Crippen molar-refractivity contribution in [3.8, 4) is 5.69 Å². The molecule has 3 rings (SSSR count). The fourth-order valence-electron chi connectivity index (χ4n) is 2.77. The number of benzene rings is 1. The molecule has 1 aliphatic heterocycles. The maximum atomic E-state index is 13.1. The van der Waals surface area contributed by atoms with Crippen molar-refractivity contribution >= 4 is 11.9 Å². The van der Waals surface area contributed by atoms with Gasteiger partial charge < -0.3 is 14.7 Å². The van der Waals surface area contributed by atoms with Crippen LogP contribution in [0.4, 0.5) is 0 Å². The summed E-state index contributed by atoms with van der Waals surface area (Å²) in [7, 11) is 0. The zero-order valence-corrected chi connectivity index (χ0v) is 13.4. The van der Waals surface area contributed by atoms with E-state index in [2.05, 4.69) is 10.2 Å². The van der Waals surface area contributed by atoms with E-state index in [-0.39, 0.29) is 6.04 Å². The molecular weight excluding hydrogens is 312 g/mol. The molecule has 1 N–H and O–H groups in total. The monoisotopic (exact) mass is 330 g/mol. The van der Waals surface area contributed by atoms with Crippen LogP contribution in [0.25, 0.3) is 5.69 Å². The molecule has 1 aliphatic rings. The normalized spacial score (nSPS) is 20.8. The molecule has 2 aromatic rings. The van der Waals surface area contributed by atoms with E-state index in [1.807, 2.05) is 19.9 Å². The summed E-state index contributed by atoms with van der Waals surface area (Å²) in [5, 5.41) is 17.5. The number of aryl methyl sites for hydroxylation is 1. The Morgan fingerprint density at radius 3 is 2.67 bits per heavy atom. The number of carbonyl (C=O) groups excluding carboxylic acids is 1. The lowest BCUT2D eigenvalue weighted by Crippen LogP contribution is -2.54. The number of hydrogen-bond donors (Lipinski definition) is 1. The van der Waals surface area contributed by atoms with Gasteiger partial charge >= 0.3 is 5.97 Å². The molecule has 0 aliphatic carbocycles. The van der Waals surface area contributed by atoms with Gasteiger partial charge in [-0.1, -0.05) is 11.6 Å². The summed E-state index contributed by atoms with van der Waals surface area (Å²) < 4.78 is 5.29. The second-order valence-electron chi connectivity index (χ2n) is 5.75. The number of aliphatic carboxylic acids is 1. The third-order valence-electron chi connectivity index (χ3n) is 4.00. The van der Waals surface area contributed by atoms with Gasteiger partial charge in [-0.3, -0.25) is 4.79 Å². The van der Waals surface area contributed by atoms with Gasteiger partial charge in [0.05, 0.1) is 30.3 Å². The van der Waals surface area contributed by atoms with Crippen LogP contribution in [0.5, 0.6) is 0 Å². The number of amides is 1. The predicted molar refractivity (Wildman–Crippen MR) is 83.7 cm³/mol. The highest BCUT2D eigenvalue weighted by Gasteiger charge is 2.38. The minimum absolute atomic E-state index is 0.244. The van der Waals surface area contributed by atoms with Gasteiger partial charge in [0.25, 0.3) is 5.91 Å². The van der Waals surface area contributed by atoms with Crippen LogP contribution in [-0.2, 0) is 9.53 Å². The first kappa shape index (κ1) is 16.1. The van der Waals surface area contributed by atoms with Crippen LogP contribution in [-0.4, -0.2) is 55.8 Å². The molecule has 0 unspecified atom stereocenters. The molecule has 8 nitrogen and oxygen atoms in total. The van der Waals surface area contributed by atoms with E-state index in [0.717, 1.165) is 5.56 Å². The van der Waals surface area contributed by atoms with Crippen molar-refractivity contribution in [3.05, 3.63) is 41.7 Å². The van der Waals surface area contributed by atoms with Crippen molar-refractivity contribution in [1.82, 2.24) is 19.9 Å². The molecule has 1 saturated heterocycles. The lowest BCUT2D eigenvalue weighted by atomic mass is 10.1. The Labute approximate surface area is 138 Å². The third kappa shape index (κ3) is 2.88. The van der Waals surface area contributed by atoms with Crippen LogP contribution >= 0.6 is 0 Å². The van der Waals surface area contributed by atoms with Gasteiger partial charge in [-0.15, -0.1) is 0 Å². The zero-order chi connectivity index (χ0) is 17.3. The van der Waals surface area contributed by atoms with Crippen LogP contribution in [0.2, 0.25) is 0 Å². The molecular formula is C16H18N4O4. The molecule has 1 aromatic heterocycles. The van der Waals surface area contributed by atoms with Gasteiger partial charge in [0.2, 0.25) is 6.23 Å². The molecule has 126 valence electrons. The van der Waals surface area contributed by atoms with E-state index in [1.54, 1.807) is 12.1 Å². The van der Waals surface area contributed by atoms with E-state index in [0.29, 0.717) is 24.3 Å². The Balaban J connectivity index is 2.05. The molecule has 2 heterocycles. The minimum atomic E-state index is -1.29. The fourth-order valence-corrected chi connectivity index (χ4v) is 2.77. The number of carboxylic acids is 1. The van der Waals surface area contributed by atoms with E-state index >= 15 is 0 Å². The Morgan fingerprint density at radius 2 is 2.00 bits per heavy atom. The Hall–Kier alpha value is -2.74. The number of hydrogen-bond acceptors (Lipinski definition) is 5. The average Bonchev–Trinajstić information content (AvgIpc) is 3.08. The van der Waals surface area contributed by atoms with E-state index < -0.39 is 18.1 Å². The van der Waals surface area contributed by atoms with Crippen molar-refractivity contribution < 1.29 is 19.4 Å². The predicted octanol–water partition coefficient (Wildman–Crippen LogP) is 1.24. The van der Waals surface area contributed by atoms with E-state index in [1.165, 1.54) is 22.1 Å².